The van der Waals surface area contributed by atoms with E-state index in [2.05, 4.69) is 33.1 Å². The molecule has 0 heterocycles. The standard InChI is InChI=1S/C20H21BrN2O3/c1-4-9-22-20(25)16-7-5-6-8-17(16)23-18(24)12-26-19-13(2)10-15(21)11-14(19)3/h4-8,10-11H,1,9,12H2,2-3H3,(H,22,25)(H,23,24). The summed E-state index contributed by atoms with van der Waals surface area (Å²) in [5.41, 5.74) is 2.70. The van der Waals surface area contributed by atoms with Crippen molar-refractivity contribution < 1.29 is 14.3 Å². The SMILES string of the molecule is C=CCNC(=O)c1ccccc1NC(=O)COc1c(C)cc(Br)cc1C. The second-order valence-electron chi connectivity index (χ2n) is 5.75. The van der Waals surface area contributed by atoms with Crippen molar-refractivity contribution in [2.24, 2.45) is 0 Å². The molecule has 5 nitrogen and oxygen atoms in total. The van der Waals surface area contributed by atoms with E-state index in [9.17, 15) is 9.59 Å². The number of hydrogen-bond donors (Lipinski definition) is 2. The van der Waals surface area contributed by atoms with Gasteiger partial charge in [-0.1, -0.05) is 34.1 Å². The molecule has 0 fully saturated rings. The summed E-state index contributed by atoms with van der Waals surface area (Å²) in [6.45, 7) is 7.61. The highest BCUT2D eigenvalue weighted by molar-refractivity contribution is 9.10. The van der Waals surface area contributed by atoms with Crippen molar-refractivity contribution in [1.29, 1.82) is 0 Å². The number of amides is 2. The Kier molecular flexibility index (Phi) is 6.97. The van der Waals surface area contributed by atoms with Crippen molar-refractivity contribution >= 4 is 33.4 Å². The summed E-state index contributed by atoms with van der Waals surface area (Å²) in [4.78, 5) is 24.4. The van der Waals surface area contributed by atoms with Crippen LogP contribution in [0.2, 0.25) is 0 Å². The van der Waals surface area contributed by atoms with Crippen molar-refractivity contribution in [1.82, 2.24) is 5.32 Å². The molecule has 0 bridgehead atoms. The van der Waals surface area contributed by atoms with Crippen molar-refractivity contribution in [2.45, 2.75) is 13.8 Å². The molecule has 2 N–H and O–H groups in total. The molecule has 2 amide bonds. The van der Waals surface area contributed by atoms with Crippen LogP contribution >= 0.6 is 15.9 Å². The number of halogens is 1. The Bertz CT molecular complexity index is 811. The molecule has 0 radical (unpaired) electrons. The average molecular weight is 417 g/mol. The average Bonchev–Trinajstić information content (AvgIpc) is 2.59. The van der Waals surface area contributed by atoms with Gasteiger partial charge in [-0.15, -0.1) is 6.58 Å². The number of carbonyl (C=O) groups is 2. The van der Waals surface area contributed by atoms with Gasteiger partial charge in [0, 0.05) is 11.0 Å². The highest BCUT2D eigenvalue weighted by Gasteiger charge is 2.14. The number of anilines is 1. The first kappa shape index (κ1) is 19.7. The third-order valence-corrected chi connectivity index (χ3v) is 4.08. The molecule has 0 aliphatic carbocycles. The van der Waals surface area contributed by atoms with Crippen molar-refractivity contribution in [3.63, 3.8) is 0 Å². The molecule has 0 spiro atoms. The van der Waals surface area contributed by atoms with Crippen LogP contribution in [0.25, 0.3) is 0 Å². The van der Waals surface area contributed by atoms with E-state index in [4.69, 9.17) is 4.74 Å². The number of ether oxygens (including phenoxy) is 1. The molecule has 2 aromatic rings. The maximum absolute atomic E-state index is 12.3. The molecule has 6 heteroatoms. The van der Waals surface area contributed by atoms with Crippen LogP contribution in [0.1, 0.15) is 21.5 Å². The van der Waals surface area contributed by atoms with Crippen molar-refractivity contribution in [3.05, 3.63) is 70.2 Å². The van der Waals surface area contributed by atoms with Crippen LogP contribution < -0.4 is 15.4 Å². The maximum atomic E-state index is 12.3. The van der Waals surface area contributed by atoms with Crippen LogP contribution in [-0.2, 0) is 4.79 Å². The summed E-state index contributed by atoms with van der Waals surface area (Å²) in [6, 6.07) is 10.7. The van der Waals surface area contributed by atoms with E-state index in [1.54, 1.807) is 30.3 Å². The van der Waals surface area contributed by atoms with Gasteiger partial charge in [-0.25, -0.2) is 0 Å². The molecular formula is C20H21BrN2O3. The zero-order valence-corrected chi connectivity index (χ0v) is 16.4. The van der Waals surface area contributed by atoms with Gasteiger partial charge in [-0.05, 0) is 49.2 Å². The summed E-state index contributed by atoms with van der Waals surface area (Å²) in [5, 5.41) is 5.42. The van der Waals surface area contributed by atoms with Gasteiger partial charge in [-0.2, -0.15) is 0 Å². The second kappa shape index (κ2) is 9.20. The van der Waals surface area contributed by atoms with Crippen LogP contribution in [0.15, 0.2) is 53.5 Å². The molecule has 0 saturated carbocycles. The maximum Gasteiger partial charge on any atom is 0.262 e. The number of benzene rings is 2. The van der Waals surface area contributed by atoms with Gasteiger partial charge in [-0.3, -0.25) is 9.59 Å². The zero-order chi connectivity index (χ0) is 19.1. The lowest BCUT2D eigenvalue weighted by Gasteiger charge is -2.14. The molecule has 0 saturated heterocycles. The third kappa shape index (κ3) is 5.20. The van der Waals surface area contributed by atoms with Crippen LogP contribution in [0.5, 0.6) is 5.75 Å². The van der Waals surface area contributed by atoms with Crippen molar-refractivity contribution in [2.75, 3.05) is 18.5 Å². The van der Waals surface area contributed by atoms with Gasteiger partial charge in [0.2, 0.25) is 0 Å². The number of aryl methyl sites for hydroxylation is 2. The zero-order valence-electron chi connectivity index (χ0n) is 14.8. The fourth-order valence-electron chi connectivity index (χ4n) is 2.50. The Morgan fingerprint density at radius 1 is 1.19 bits per heavy atom. The Hall–Kier alpha value is -2.60. The second-order valence-corrected chi connectivity index (χ2v) is 6.67. The number of para-hydroxylation sites is 1. The van der Waals surface area contributed by atoms with E-state index in [0.29, 0.717) is 23.5 Å². The highest BCUT2D eigenvalue weighted by atomic mass is 79.9. The van der Waals surface area contributed by atoms with Gasteiger partial charge in [0.05, 0.1) is 11.3 Å². The van der Waals surface area contributed by atoms with Gasteiger partial charge < -0.3 is 15.4 Å². The summed E-state index contributed by atoms with van der Waals surface area (Å²) < 4.78 is 6.64. The molecule has 136 valence electrons. The van der Waals surface area contributed by atoms with E-state index in [-0.39, 0.29) is 18.4 Å². The predicted octanol–water partition coefficient (Wildman–Crippen LogP) is 4.00. The number of hydrogen-bond acceptors (Lipinski definition) is 3. The minimum Gasteiger partial charge on any atom is -0.483 e. The molecule has 0 aliphatic rings. The fraction of sp³-hybridized carbons (Fsp3) is 0.200. The van der Waals surface area contributed by atoms with E-state index in [0.717, 1.165) is 15.6 Å². The third-order valence-electron chi connectivity index (χ3n) is 3.63. The minimum atomic E-state index is -0.337. The Morgan fingerprint density at radius 3 is 2.50 bits per heavy atom. The van der Waals surface area contributed by atoms with Gasteiger partial charge in [0.25, 0.3) is 11.8 Å². The smallest absolute Gasteiger partial charge is 0.262 e. The summed E-state index contributed by atoms with van der Waals surface area (Å²) >= 11 is 3.43. The van der Waals surface area contributed by atoms with Crippen LogP contribution in [0.4, 0.5) is 5.69 Å². The monoisotopic (exact) mass is 416 g/mol. The lowest BCUT2D eigenvalue weighted by Crippen LogP contribution is -2.26. The van der Waals surface area contributed by atoms with Crippen LogP contribution in [0, 0.1) is 13.8 Å². The molecule has 2 rings (SSSR count). The largest absolute Gasteiger partial charge is 0.483 e. The van der Waals surface area contributed by atoms with Crippen LogP contribution in [-0.4, -0.2) is 25.0 Å². The Morgan fingerprint density at radius 2 is 1.85 bits per heavy atom. The highest BCUT2D eigenvalue weighted by Crippen LogP contribution is 2.27. The van der Waals surface area contributed by atoms with E-state index >= 15 is 0 Å². The lowest BCUT2D eigenvalue weighted by molar-refractivity contribution is -0.118. The van der Waals surface area contributed by atoms with E-state index < -0.39 is 0 Å². The summed E-state index contributed by atoms with van der Waals surface area (Å²) in [5.74, 6) is 0.0670. The fourth-order valence-corrected chi connectivity index (χ4v) is 3.19. The normalized spacial score (nSPS) is 10.1. The van der Waals surface area contributed by atoms with Crippen molar-refractivity contribution in [3.8, 4) is 5.75 Å². The predicted molar refractivity (Wildman–Crippen MR) is 107 cm³/mol. The van der Waals surface area contributed by atoms with Crippen LogP contribution in [0.3, 0.4) is 0 Å². The molecule has 0 aliphatic heterocycles. The number of rotatable bonds is 7. The van der Waals surface area contributed by atoms with Gasteiger partial charge >= 0.3 is 0 Å². The summed E-state index contributed by atoms with van der Waals surface area (Å²) in [6.07, 6.45) is 1.59. The topological polar surface area (TPSA) is 67.4 Å². The van der Waals surface area contributed by atoms with E-state index in [1.165, 1.54) is 0 Å². The minimum absolute atomic E-state index is 0.147. The van der Waals surface area contributed by atoms with E-state index in [1.807, 2.05) is 26.0 Å². The molecular weight excluding hydrogens is 396 g/mol. The number of carbonyl (C=O) groups excluding carboxylic acids is 2. The molecule has 0 unspecified atom stereocenters. The molecule has 0 atom stereocenters. The van der Waals surface area contributed by atoms with Gasteiger partial charge in [0.15, 0.2) is 6.61 Å². The first-order valence-electron chi connectivity index (χ1n) is 8.10. The first-order chi connectivity index (χ1) is 12.4. The number of nitrogens with one attached hydrogen (secondary N) is 2. The molecule has 2 aromatic carbocycles. The Balaban J connectivity index is 2.05. The first-order valence-corrected chi connectivity index (χ1v) is 8.89. The quantitative estimate of drug-likeness (QED) is 0.670. The van der Waals surface area contributed by atoms with Gasteiger partial charge in [0.1, 0.15) is 5.75 Å². The molecule has 0 aromatic heterocycles. The lowest BCUT2D eigenvalue weighted by atomic mass is 10.1. The Labute approximate surface area is 161 Å². The molecule has 26 heavy (non-hydrogen) atoms. The summed E-state index contributed by atoms with van der Waals surface area (Å²) in [7, 11) is 0.